The second-order valence-electron chi connectivity index (χ2n) is 4.56. The summed E-state index contributed by atoms with van der Waals surface area (Å²) in [7, 11) is 0. The predicted molar refractivity (Wildman–Crippen MR) is 79.7 cm³/mol. The van der Waals surface area contributed by atoms with E-state index in [1.165, 1.54) is 16.8 Å². The number of hydrazine groups is 1. The van der Waals surface area contributed by atoms with Crippen LogP contribution in [0.2, 0.25) is 0 Å². The van der Waals surface area contributed by atoms with Crippen molar-refractivity contribution in [2.75, 3.05) is 11.2 Å². The van der Waals surface area contributed by atoms with E-state index in [9.17, 15) is 4.79 Å². The molecule has 0 spiro atoms. The average molecular weight is 273 g/mol. The van der Waals surface area contributed by atoms with Crippen LogP contribution in [0.3, 0.4) is 0 Å². The molecular weight excluding hydrogens is 258 g/mol. The monoisotopic (exact) mass is 273 g/mol. The van der Waals surface area contributed by atoms with Crippen molar-refractivity contribution in [2.45, 2.75) is 19.4 Å². The molecule has 98 valence electrons. The first-order chi connectivity index (χ1) is 9.04. The number of para-hydroxylation sites is 1. The lowest BCUT2D eigenvalue weighted by Gasteiger charge is -2.21. The number of aliphatic imine (C=N–C) groups is 1. The Kier molecular flexibility index (Phi) is 3.82. The highest BCUT2D eigenvalue weighted by Gasteiger charge is 2.41. The van der Waals surface area contributed by atoms with Crippen LogP contribution in [-0.2, 0) is 4.79 Å². The summed E-state index contributed by atoms with van der Waals surface area (Å²) in [5.74, 6) is 2.93. The van der Waals surface area contributed by atoms with Gasteiger partial charge >= 0.3 is 0 Å². The van der Waals surface area contributed by atoms with Gasteiger partial charge in [0, 0.05) is 0 Å². The molecule has 0 bridgehead atoms. The minimum Gasteiger partial charge on any atom is -0.289 e. The zero-order valence-electron chi connectivity index (χ0n) is 10.9. The summed E-state index contributed by atoms with van der Waals surface area (Å²) in [6.45, 7) is 3.58. The first-order valence-corrected chi connectivity index (χ1v) is 6.85. The van der Waals surface area contributed by atoms with Crippen LogP contribution in [-0.4, -0.2) is 27.4 Å². The number of nitrogens with zero attached hydrogens (tertiary/aromatic N) is 2. The fourth-order valence-corrected chi connectivity index (χ4v) is 2.40. The molecule has 4 nitrogen and oxygen atoms in total. The van der Waals surface area contributed by atoms with E-state index < -0.39 is 5.54 Å². The molecule has 0 unspecified atom stereocenters. The molecule has 0 aliphatic carbocycles. The zero-order chi connectivity index (χ0) is 13.9. The first-order valence-electron chi connectivity index (χ1n) is 5.87. The molecule has 5 heteroatoms. The zero-order valence-corrected chi connectivity index (χ0v) is 11.7. The maximum absolute atomic E-state index is 12.3. The molecule has 1 aliphatic heterocycles. The van der Waals surface area contributed by atoms with E-state index in [4.69, 9.17) is 6.42 Å². The van der Waals surface area contributed by atoms with Crippen molar-refractivity contribution in [3.63, 3.8) is 0 Å². The highest BCUT2D eigenvalue weighted by atomic mass is 32.2. The van der Waals surface area contributed by atoms with Crippen molar-refractivity contribution >= 4 is 28.5 Å². The average Bonchev–Trinajstić information content (AvgIpc) is 2.61. The summed E-state index contributed by atoms with van der Waals surface area (Å²) < 4.78 is 0. The number of terminal acetylenes is 1. The maximum atomic E-state index is 12.3. The topological polar surface area (TPSA) is 44.7 Å². The van der Waals surface area contributed by atoms with Gasteiger partial charge in [-0.05, 0) is 26.0 Å². The number of carbonyl (C=O) groups excluding carboxylic acids is 1. The summed E-state index contributed by atoms with van der Waals surface area (Å²) in [5.41, 5.74) is 3.15. The number of hydrogen-bond acceptors (Lipinski definition) is 4. The minimum atomic E-state index is -0.751. The molecular formula is C14H15N3OS. The molecule has 1 aromatic rings. The van der Waals surface area contributed by atoms with Gasteiger partial charge in [0.05, 0.1) is 11.4 Å². The highest BCUT2D eigenvalue weighted by Crippen LogP contribution is 2.27. The van der Waals surface area contributed by atoms with Gasteiger partial charge in [0.15, 0.2) is 5.17 Å². The summed E-state index contributed by atoms with van der Waals surface area (Å²) in [6, 6.07) is 9.51. The molecule has 2 rings (SSSR count). The van der Waals surface area contributed by atoms with E-state index in [0.717, 1.165) is 5.69 Å². The maximum Gasteiger partial charge on any atom is 0.274 e. The molecule has 1 N–H and O–H groups in total. The molecule has 1 aliphatic rings. The van der Waals surface area contributed by atoms with Gasteiger partial charge in [0.1, 0.15) is 5.54 Å². The van der Waals surface area contributed by atoms with Crippen LogP contribution in [0.1, 0.15) is 13.8 Å². The molecule has 0 saturated carbocycles. The number of thioether (sulfide) groups is 1. The molecule has 0 fully saturated rings. The smallest absolute Gasteiger partial charge is 0.274 e. The molecule has 0 atom stereocenters. The molecule has 1 amide bonds. The number of rotatable bonds is 3. The fraction of sp³-hybridized carbons (Fsp3) is 0.286. The largest absolute Gasteiger partial charge is 0.289 e. The number of amides is 1. The number of carbonyl (C=O) groups is 1. The molecule has 19 heavy (non-hydrogen) atoms. The van der Waals surface area contributed by atoms with E-state index in [2.05, 4.69) is 16.3 Å². The van der Waals surface area contributed by atoms with Crippen LogP contribution in [0.15, 0.2) is 35.3 Å². The van der Waals surface area contributed by atoms with Gasteiger partial charge in [-0.3, -0.25) is 10.2 Å². The van der Waals surface area contributed by atoms with E-state index in [-0.39, 0.29) is 5.91 Å². The van der Waals surface area contributed by atoms with Gasteiger partial charge in [-0.25, -0.2) is 4.99 Å². The van der Waals surface area contributed by atoms with Crippen molar-refractivity contribution in [1.82, 2.24) is 5.01 Å². The van der Waals surface area contributed by atoms with E-state index >= 15 is 0 Å². The van der Waals surface area contributed by atoms with Crippen LogP contribution < -0.4 is 5.43 Å². The highest BCUT2D eigenvalue weighted by molar-refractivity contribution is 8.14. The third-order valence-electron chi connectivity index (χ3n) is 2.59. The standard InChI is InChI=1S/C14H15N3OS/c1-4-10-19-13-15-14(2,3)12(18)17(13)16-11-8-6-5-7-9-11/h1,5-9,16H,10H2,2-3H3. The molecule has 0 aromatic heterocycles. The Hall–Kier alpha value is -1.93. The van der Waals surface area contributed by atoms with E-state index in [1.807, 2.05) is 30.3 Å². The van der Waals surface area contributed by atoms with Crippen LogP contribution in [0.4, 0.5) is 5.69 Å². The Bertz CT molecular complexity index is 546. The Labute approximate surface area is 117 Å². The third kappa shape index (κ3) is 2.91. The number of hydrogen-bond donors (Lipinski definition) is 1. The summed E-state index contributed by atoms with van der Waals surface area (Å²) in [4.78, 5) is 16.7. The molecule has 0 saturated heterocycles. The molecule has 1 heterocycles. The predicted octanol–water partition coefficient (Wildman–Crippen LogP) is 2.36. The van der Waals surface area contributed by atoms with Crippen LogP contribution in [0.25, 0.3) is 0 Å². The van der Waals surface area contributed by atoms with Gasteiger partial charge in [-0.1, -0.05) is 35.9 Å². The van der Waals surface area contributed by atoms with Crippen LogP contribution >= 0.6 is 11.8 Å². The Morgan fingerprint density at radius 1 is 1.42 bits per heavy atom. The summed E-state index contributed by atoms with van der Waals surface area (Å²) in [5, 5.41) is 2.08. The first kappa shape index (κ1) is 13.5. The second kappa shape index (κ2) is 5.37. The minimum absolute atomic E-state index is 0.0872. The van der Waals surface area contributed by atoms with Gasteiger partial charge in [-0.15, -0.1) is 6.42 Å². The second-order valence-corrected chi connectivity index (χ2v) is 5.51. The van der Waals surface area contributed by atoms with Crippen molar-refractivity contribution in [1.29, 1.82) is 0 Å². The Balaban J connectivity index is 2.20. The van der Waals surface area contributed by atoms with Gasteiger partial charge in [-0.2, -0.15) is 5.01 Å². The molecule has 1 aromatic carbocycles. The van der Waals surface area contributed by atoms with Crippen molar-refractivity contribution in [2.24, 2.45) is 4.99 Å². The Morgan fingerprint density at radius 2 is 2.11 bits per heavy atom. The van der Waals surface area contributed by atoms with Gasteiger partial charge < -0.3 is 0 Å². The Morgan fingerprint density at radius 3 is 2.74 bits per heavy atom. The quantitative estimate of drug-likeness (QED) is 0.860. The van der Waals surface area contributed by atoms with Gasteiger partial charge in [0.2, 0.25) is 0 Å². The molecule has 0 radical (unpaired) electrons. The normalized spacial score (nSPS) is 17.0. The number of nitrogens with one attached hydrogen (secondary N) is 1. The van der Waals surface area contributed by atoms with Crippen molar-refractivity contribution in [3.8, 4) is 12.3 Å². The van der Waals surface area contributed by atoms with Crippen molar-refractivity contribution < 1.29 is 4.79 Å². The SMILES string of the molecule is C#CCSC1=NC(C)(C)C(=O)N1Nc1ccccc1. The number of anilines is 1. The lowest BCUT2D eigenvalue weighted by molar-refractivity contribution is -0.129. The van der Waals surface area contributed by atoms with Crippen LogP contribution in [0.5, 0.6) is 0 Å². The lowest BCUT2D eigenvalue weighted by atomic mass is 10.1. The van der Waals surface area contributed by atoms with Gasteiger partial charge in [0.25, 0.3) is 5.91 Å². The van der Waals surface area contributed by atoms with Crippen molar-refractivity contribution in [3.05, 3.63) is 30.3 Å². The van der Waals surface area contributed by atoms with E-state index in [0.29, 0.717) is 10.9 Å². The summed E-state index contributed by atoms with van der Waals surface area (Å²) in [6.07, 6.45) is 5.26. The van der Waals surface area contributed by atoms with E-state index in [1.54, 1.807) is 13.8 Å². The lowest BCUT2D eigenvalue weighted by Crippen LogP contribution is -2.42. The summed E-state index contributed by atoms with van der Waals surface area (Å²) >= 11 is 1.37. The van der Waals surface area contributed by atoms with Crippen LogP contribution in [0, 0.1) is 12.3 Å². The number of benzene rings is 1. The number of amidine groups is 1. The third-order valence-corrected chi connectivity index (χ3v) is 3.44. The fourth-order valence-electron chi connectivity index (χ4n) is 1.64.